The van der Waals surface area contributed by atoms with Crippen LogP contribution in [-0.4, -0.2) is 74.0 Å². The van der Waals surface area contributed by atoms with Crippen LogP contribution >= 0.6 is 24.0 Å². The Labute approximate surface area is 189 Å². The maximum Gasteiger partial charge on any atom is 0.257 e. The van der Waals surface area contributed by atoms with Gasteiger partial charge in [0, 0.05) is 51.8 Å². The van der Waals surface area contributed by atoms with Gasteiger partial charge in [-0.3, -0.25) is 9.89 Å². The Hall–Kier alpha value is -1.72. The molecule has 3 rings (SSSR count). The van der Waals surface area contributed by atoms with Gasteiger partial charge in [0.25, 0.3) is 5.89 Å². The van der Waals surface area contributed by atoms with Crippen molar-refractivity contribution >= 4 is 29.9 Å². The Balaban J connectivity index is 0.00000300. The molecule has 0 aliphatic carbocycles. The second kappa shape index (κ2) is 12.8. The number of ether oxygens (including phenoxy) is 1. The van der Waals surface area contributed by atoms with Crippen LogP contribution in [0.1, 0.15) is 18.3 Å². The van der Waals surface area contributed by atoms with Gasteiger partial charge in [-0.15, -0.1) is 24.0 Å². The molecule has 9 heteroatoms. The van der Waals surface area contributed by atoms with Gasteiger partial charge in [-0.25, -0.2) is 0 Å². The minimum atomic E-state index is 0. The minimum Gasteiger partial charge on any atom is -0.379 e. The molecule has 0 bridgehead atoms. The highest BCUT2D eigenvalue weighted by atomic mass is 127. The van der Waals surface area contributed by atoms with Gasteiger partial charge in [0.2, 0.25) is 0 Å². The lowest BCUT2D eigenvalue weighted by atomic mass is 10.1. The molecule has 0 saturated carbocycles. The Morgan fingerprint density at radius 2 is 1.86 bits per heavy atom. The topological polar surface area (TPSA) is 87.8 Å². The fourth-order valence-electron chi connectivity index (χ4n) is 3.03. The first-order valence-electron chi connectivity index (χ1n) is 9.95. The summed E-state index contributed by atoms with van der Waals surface area (Å²) in [5.74, 6) is 2.14. The van der Waals surface area contributed by atoms with E-state index in [-0.39, 0.29) is 24.0 Å². The number of benzene rings is 1. The quantitative estimate of drug-likeness (QED) is 0.317. The molecule has 29 heavy (non-hydrogen) atoms. The van der Waals surface area contributed by atoms with Crippen LogP contribution in [0.2, 0.25) is 0 Å². The van der Waals surface area contributed by atoms with E-state index in [4.69, 9.17) is 9.26 Å². The summed E-state index contributed by atoms with van der Waals surface area (Å²) in [6, 6.07) is 8.25. The molecule has 2 N–H and O–H groups in total. The third-order valence-electron chi connectivity index (χ3n) is 4.74. The largest absolute Gasteiger partial charge is 0.379 e. The first-order chi connectivity index (χ1) is 13.8. The summed E-state index contributed by atoms with van der Waals surface area (Å²) < 4.78 is 10.7. The molecule has 0 spiro atoms. The van der Waals surface area contributed by atoms with E-state index < -0.39 is 0 Å². The molecule has 0 atom stereocenters. The van der Waals surface area contributed by atoms with E-state index in [0.29, 0.717) is 5.89 Å². The Morgan fingerprint density at radius 3 is 2.52 bits per heavy atom. The second-order valence-corrected chi connectivity index (χ2v) is 6.70. The van der Waals surface area contributed by atoms with E-state index in [1.807, 2.05) is 19.1 Å². The van der Waals surface area contributed by atoms with E-state index >= 15 is 0 Å². The maximum atomic E-state index is 5.37. The summed E-state index contributed by atoms with van der Waals surface area (Å²) >= 11 is 0. The van der Waals surface area contributed by atoms with Crippen LogP contribution in [0, 0.1) is 0 Å². The molecular formula is C20H31IN6O2. The molecule has 1 aliphatic rings. The van der Waals surface area contributed by atoms with Gasteiger partial charge in [0.15, 0.2) is 11.8 Å². The van der Waals surface area contributed by atoms with Crippen LogP contribution in [0.5, 0.6) is 0 Å². The molecule has 0 unspecified atom stereocenters. The van der Waals surface area contributed by atoms with E-state index in [0.717, 1.165) is 76.1 Å². The van der Waals surface area contributed by atoms with E-state index in [2.05, 4.69) is 42.8 Å². The summed E-state index contributed by atoms with van der Waals surface area (Å²) in [7, 11) is 1.80. The first-order valence-corrected chi connectivity index (χ1v) is 9.95. The zero-order valence-electron chi connectivity index (χ0n) is 17.2. The zero-order valence-corrected chi connectivity index (χ0v) is 19.5. The Bertz CT molecular complexity index is 744. The van der Waals surface area contributed by atoms with Crippen molar-refractivity contribution in [2.75, 3.05) is 53.0 Å². The third-order valence-corrected chi connectivity index (χ3v) is 4.74. The number of aromatic nitrogens is 2. The molecule has 0 amide bonds. The summed E-state index contributed by atoms with van der Waals surface area (Å²) in [5, 5.41) is 10.7. The molecule has 2 heterocycles. The lowest BCUT2D eigenvalue weighted by molar-refractivity contribution is 0.0389. The monoisotopic (exact) mass is 514 g/mol. The number of morpholine rings is 1. The van der Waals surface area contributed by atoms with Crippen molar-refractivity contribution in [2.45, 2.75) is 19.8 Å². The van der Waals surface area contributed by atoms with Crippen LogP contribution in [0.15, 0.2) is 33.8 Å². The maximum absolute atomic E-state index is 5.37. The van der Waals surface area contributed by atoms with Crippen molar-refractivity contribution in [3.8, 4) is 11.5 Å². The number of nitrogens with one attached hydrogen (secondary N) is 2. The average Bonchev–Trinajstić information content (AvgIpc) is 3.23. The van der Waals surface area contributed by atoms with Crippen molar-refractivity contribution in [3.63, 3.8) is 0 Å². The van der Waals surface area contributed by atoms with Gasteiger partial charge < -0.3 is 19.9 Å². The van der Waals surface area contributed by atoms with Gasteiger partial charge in [0.1, 0.15) is 0 Å². The van der Waals surface area contributed by atoms with Crippen LogP contribution in [-0.2, 0) is 17.6 Å². The SMILES string of the molecule is CCc1noc(-c2ccc(CCNC(=NC)NCCN3CCOCC3)cc2)n1.I. The number of hydrogen-bond donors (Lipinski definition) is 2. The highest BCUT2D eigenvalue weighted by Gasteiger charge is 2.10. The zero-order chi connectivity index (χ0) is 19.6. The Kier molecular flexibility index (Phi) is 10.4. The minimum absolute atomic E-state index is 0. The smallest absolute Gasteiger partial charge is 0.257 e. The van der Waals surface area contributed by atoms with Gasteiger partial charge in [-0.05, 0) is 24.1 Å². The number of nitrogens with zero attached hydrogens (tertiary/aromatic N) is 4. The van der Waals surface area contributed by atoms with Crippen molar-refractivity contribution in [1.29, 1.82) is 0 Å². The van der Waals surface area contributed by atoms with Crippen molar-refractivity contribution in [1.82, 2.24) is 25.7 Å². The normalized spacial score (nSPS) is 15.0. The van der Waals surface area contributed by atoms with E-state index in [1.165, 1.54) is 5.56 Å². The summed E-state index contributed by atoms with van der Waals surface area (Å²) in [6.07, 6.45) is 1.68. The van der Waals surface area contributed by atoms with Crippen molar-refractivity contribution in [2.24, 2.45) is 4.99 Å². The fraction of sp³-hybridized carbons (Fsp3) is 0.550. The molecule has 0 radical (unpaired) electrons. The van der Waals surface area contributed by atoms with Crippen LogP contribution in [0.3, 0.4) is 0 Å². The lowest BCUT2D eigenvalue weighted by Gasteiger charge is -2.26. The van der Waals surface area contributed by atoms with Crippen molar-refractivity contribution < 1.29 is 9.26 Å². The van der Waals surface area contributed by atoms with Crippen molar-refractivity contribution in [3.05, 3.63) is 35.7 Å². The van der Waals surface area contributed by atoms with Gasteiger partial charge in [-0.1, -0.05) is 24.2 Å². The summed E-state index contributed by atoms with van der Waals surface area (Å²) in [4.78, 5) is 11.1. The third kappa shape index (κ3) is 7.56. The first kappa shape index (κ1) is 23.6. The molecule has 2 aromatic rings. The van der Waals surface area contributed by atoms with Crippen LogP contribution in [0.25, 0.3) is 11.5 Å². The summed E-state index contributed by atoms with van der Waals surface area (Å²) in [5.41, 5.74) is 2.19. The van der Waals surface area contributed by atoms with E-state index in [9.17, 15) is 0 Å². The highest BCUT2D eigenvalue weighted by Crippen LogP contribution is 2.18. The number of rotatable bonds is 8. The Morgan fingerprint density at radius 1 is 1.14 bits per heavy atom. The fourth-order valence-corrected chi connectivity index (χ4v) is 3.03. The second-order valence-electron chi connectivity index (χ2n) is 6.70. The molecule has 1 aromatic heterocycles. The van der Waals surface area contributed by atoms with Gasteiger partial charge in [-0.2, -0.15) is 4.98 Å². The number of halogens is 1. The molecule has 1 fully saturated rings. The standard InChI is InChI=1S/C20H30N6O2.HI/c1-3-18-24-19(28-25-18)17-6-4-16(5-7-17)8-9-22-20(21-2)23-10-11-26-12-14-27-15-13-26;/h4-7H,3,8-15H2,1-2H3,(H2,21,22,23);1H. The highest BCUT2D eigenvalue weighted by molar-refractivity contribution is 14.0. The number of hydrogen-bond acceptors (Lipinski definition) is 6. The van der Waals surface area contributed by atoms with Gasteiger partial charge >= 0.3 is 0 Å². The molecule has 8 nitrogen and oxygen atoms in total. The predicted molar refractivity (Wildman–Crippen MR) is 125 cm³/mol. The molecule has 1 aromatic carbocycles. The van der Waals surface area contributed by atoms with Crippen LogP contribution in [0.4, 0.5) is 0 Å². The molecular weight excluding hydrogens is 483 g/mol. The molecule has 160 valence electrons. The van der Waals surface area contributed by atoms with Crippen LogP contribution < -0.4 is 10.6 Å². The average molecular weight is 514 g/mol. The number of aliphatic imine (C=N–C) groups is 1. The lowest BCUT2D eigenvalue weighted by Crippen LogP contribution is -2.44. The summed E-state index contributed by atoms with van der Waals surface area (Å²) in [6.45, 7) is 8.38. The molecule has 1 aliphatic heterocycles. The molecule has 1 saturated heterocycles. The number of guanidine groups is 1. The van der Waals surface area contributed by atoms with Gasteiger partial charge in [0.05, 0.1) is 13.2 Å². The van der Waals surface area contributed by atoms with E-state index in [1.54, 1.807) is 7.05 Å². The predicted octanol–water partition coefficient (Wildman–Crippen LogP) is 1.96. The number of aryl methyl sites for hydroxylation is 1.